The number of aliphatic carboxylic acids is 1. The van der Waals surface area contributed by atoms with Gasteiger partial charge >= 0.3 is 5.97 Å². The molecule has 1 amide bonds. The van der Waals surface area contributed by atoms with Crippen LogP contribution in [0.5, 0.6) is 0 Å². The van der Waals surface area contributed by atoms with E-state index in [-0.39, 0.29) is 0 Å². The van der Waals surface area contributed by atoms with Crippen molar-refractivity contribution < 1.29 is 19.4 Å². The summed E-state index contributed by atoms with van der Waals surface area (Å²) in [6.45, 7) is 4.34. The zero-order valence-electron chi connectivity index (χ0n) is 14.5. The Bertz CT molecular complexity index is 319. The Labute approximate surface area is 140 Å². The molecule has 1 saturated heterocycles. The smallest absolute Gasteiger partial charge is 0.307 e. The second-order valence-corrected chi connectivity index (χ2v) is 6.95. The maximum Gasteiger partial charge on any atom is 0.307 e. The summed E-state index contributed by atoms with van der Waals surface area (Å²) in [6.07, 6.45) is 11.5. The number of carbonyl (C=O) groups is 2. The minimum Gasteiger partial charge on any atom is -0.481 e. The molecule has 3 aliphatic rings. The molecule has 2 aliphatic carbocycles. The molecule has 1 heterocycles. The Hall–Kier alpha value is -1.10. The Kier molecular flexibility index (Phi) is 9.92. The van der Waals surface area contributed by atoms with Crippen LogP contribution in [0.15, 0.2) is 0 Å². The molecular weight excluding hydrogens is 294 g/mol. The summed E-state index contributed by atoms with van der Waals surface area (Å²) >= 11 is 0. The Morgan fingerprint density at radius 1 is 0.870 bits per heavy atom. The average molecular weight is 327 g/mol. The molecule has 0 spiro atoms. The highest BCUT2D eigenvalue weighted by Crippen LogP contribution is 2.29. The molecule has 2 atom stereocenters. The maximum absolute atomic E-state index is 10.8. The summed E-state index contributed by atoms with van der Waals surface area (Å²) in [7, 11) is 0. The molecule has 0 bridgehead atoms. The molecule has 3 fully saturated rings. The van der Waals surface area contributed by atoms with Crippen LogP contribution in [0.3, 0.4) is 0 Å². The Morgan fingerprint density at radius 3 is 1.61 bits per heavy atom. The van der Waals surface area contributed by atoms with Crippen LogP contribution in [0.4, 0.5) is 0 Å². The molecule has 0 aromatic carbocycles. The number of amides is 1. The van der Waals surface area contributed by atoms with Crippen LogP contribution in [0.1, 0.15) is 71.1 Å². The molecule has 3 N–H and O–H groups in total. The second kappa shape index (κ2) is 11.4. The van der Waals surface area contributed by atoms with E-state index in [1.807, 2.05) is 0 Å². The molecule has 0 aromatic heterocycles. The number of rotatable bonds is 2. The van der Waals surface area contributed by atoms with Gasteiger partial charge in [0.15, 0.2) is 0 Å². The van der Waals surface area contributed by atoms with Crippen LogP contribution >= 0.6 is 0 Å². The molecule has 2 unspecified atom stereocenters. The van der Waals surface area contributed by atoms with Gasteiger partial charge < -0.3 is 15.6 Å². The maximum atomic E-state index is 10.8. The van der Waals surface area contributed by atoms with Crippen molar-refractivity contribution in [2.24, 2.45) is 23.5 Å². The van der Waals surface area contributed by atoms with E-state index in [4.69, 9.17) is 15.6 Å². The van der Waals surface area contributed by atoms with Crippen molar-refractivity contribution in [3.63, 3.8) is 0 Å². The molecule has 0 aromatic rings. The Morgan fingerprint density at radius 2 is 1.35 bits per heavy atom. The van der Waals surface area contributed by atoms with E-state index < -0.39 is 23.7 Å². The van der Waals surface area contributed by atoms with Gasteiger partial charge in [-0.3, -0.25) is 9.59 Å². The first-order chi connectivity index (χ1) is 11.0. The monoisotopic (exact) mass is 327 g/mol. The van der Waals surface area contributed by atoms with Crippen LogP contribution in [0.2, 0.25) is 0 Å². The first kappa shape index (κ1) is 19.9. The quantitative estimate of drug-likeness (QED) is 0.814. The second-order valence-electron chi connectivity index (χ2n) is 6.95. The van der Waals surface area contributed by atoms with Crippen molar-refractivity contribution in [2.75, 3.05) is 13.2 Å². The number of hydrogen-bond donors (Lipinski definition) is 2. The number of carboxylic acid groups (broad SMARTS) is 1. The van der Waals surface area contributed by atoms with Gasteiger partial charge in [-0.25, -0.2) is 0 Å². The molecule has 3 rings (SSSR count). The molecule has 134 valence electrons. The number of hydrogen-bond acceptors (Lipinski definition) is 3. The SMILES string of the molecule is C1CCOC1.CC1CCCC1.NC(=O)C1CCCCC1C(=O)O. The normalized spacial score (nSPS) is 27.3. The highest BCUT2D eigenvalue weighted by atomic mass is 16.5. The predicted octanol–water partition coefficient (Wildman–Crippen LogP) is 3.36. The number of carbonyl (C=O) groups excluding carboxylic acids is 1. The summed E-state index contributed by atoms with van der Waals surface area (Å²) in [6, 6.07) is 0. The predicted molar refractivity (Wildman–Crippen MR) is 90.0 cm³/mol. The van der Waals surface area contributed by atoms with E-state index in [9.17, 15) is 9.59 Å². The lowest BCUT2D eigenvalue weighted by atomic mass is 9.79. The van der Waals surface area contributed by atoms with Crippen LogP contribution in [0.25, 0.3) is 0 Å². The number of carboxylic acids is 1. The largest absolute Gasteiger partial charge is 0.481 e. The van der Waals surface area contributed by atoms with E-state index in [1.54, 1.807) is 0 Å². The van der Waals surface area contributed by atoms with Gasteiger partial charge in [-0.1, -0.05) is 45.4 Å². The molecular formula is C18H33NO4. The van der Waals surface area contributed by atoms with Crippen LogP contribution < -0.4 is 5.73 Å². The minimum atomic E-state index is -0.890. The fraction of sp³-hybridized carbons (Fsp3) is 0.889. The van der Waals surface area contributed by atoms with E-state index in [1.165, 1.54) is 38.5 Å². The lowest BCUT2D eigenvalue weighted by Crippen LogP contribution is -2.36. The summed E-state index contributed by atoms with van der Waals surface area (Å²) in [5, 5.41) is 8.75. The summed E-state index contributed by atoms with van der Waals surface area (Å²) in [5.74, 6) is -1.31. The third-order valence-corrected chi connectivity index (χ3v) is 4.92. The Balaban J connectivity index is 0.000000198. The van der Waals surface area contributed by atoms with Gasteiger partial charge in [0.25, 0.3) is 0 Å². The van der Waals surface area contributed by atoms with Crippen molar-refractivity contribution in [3.8, 4) is 0 Å². The fourth-order valence-electron chi connectivity index (χ4n) is 3.41. The minimum absolute atomic E-state index is 0.448. The zero-order chi connectivity index (χ0) is 17.1. The number of primary amides is 1. The third kappa shape index (κ3) is 8.35. The van der Waals surface area contributed by atoms with Gasteiger partial charge in [0.1, 0.15) is 0 Å². The van der Waals surface area contributed by atoms with Crippen molar-refractivity contribution in [2.45, 2.75) is 71.1 Å². The van der Waals surface area contributed by atoms with E-state index in [0.717, 1.165) is 32.0 Å². The molecule has 23 heavy (non-hydrogen) atoms. The molecule has 2 saturated carbocycles. The summed E-state index contributed by atoms with van der Waals surface area (Å²) in [5.41, 5.74) is 5.09. The van der Waals surface area contributed by atoms with Gasteiger partial charge in [-0.2, -0.15) is 0 Å². The van der Waals surface area contributed by atoms with Gasteiger partial charge in [-0.15, -0.1) is 0 Å². The number of ether oxygens (including phenoxy) is 1. The van der Waals surface area contributed by atoms with Crippen LogP contribution in [-0.2, 0) is 14.3 Å². The summed E-state index contributed by atoms with van der Waals surface area (Å²) in [4.78, 5) is 21.5. The van der Waals surface area contributed by atoms with Crippen molar-refractivity contribution in [1.82, 2.24) is 0 Å². The lowest BCUT2D eigenvalue weighted by molar-refractivity contribution is -0.148. The summed E-state index contributed by atoms with van der Waals surface area (Å²) < 4.78 is 4.94. The number of nitrogens with two attached hydrogens (primary N) is 1. The fourth-order valence-corrected chi connectivity index (χ4v) is 3.41. The highest BCUT2D eigenvalue weighted by molar-refractivity contribution is 5.83. The topological polar surface area (TPSA) is 89.6 Å². The van der Waals surface area contributed by atoms with Crippen LogP contribution in [-0.4, -0.2) is 30.2 Å². The van der Waals surface area contributed by atoms with Gasteiger partial charge in [0.2, 0.25) is 5.91 Å². The van der Waals surface area contributed by atoms with Crippen molar-refractivity contribution in [1.29, 1.82) is 0 Å². The van der Waals surface area contributed by atoms with Gasteiger partial charge in [0.05, 0.1) is 11.8 Å². The molecule has 0 radical (unpaired) electrons. The standard InChI is InChI=1S/C8H13NO3.C6H12.C4H8O/c9-7(10)5-3-1-2-4-6(5)8(11)12;1-6-4-2-3-5-6;1-2-4-5-3-1/h5-6H,1-4H2,(H2,9,10)(H,11,12);6H,2-5H2,1H3;1-4H2. The van der Waals surface area contributed by atoms with E-state index in [0.29, 0.717) is 12.8 Å². The highest BCUT2D eigenvalue weighted by Gasteiger charge is 2.34. The van der Waals surface area contributed by atoms with E-state index >= 15 is 0 Å². The molecule has 5 nitrogen and oxygen atoms in total. The van der Waals surface area contributed by atoms with Crippen LogP contribution in [0, 0.1) is 17.8 Å². The first-order valence-electron chi connectivity index (χ1n) is 9.12. The van der Waals surface area contributed by atoms with Crippen molar-refractivity contribution >= 4 is 11.9 Å². The average Bonchev–Trinajstić information content (AvgIpc) is 3.23. The van der Waals surface area contributed by atoms with Gasteiger partial charge in [0, 0.05) is 13.2 Å². The van der Waals surface area contributed by atoms with Gasteiger partial charge in [-0.05, 0) is 31.6 Å². The molecule has 5 heteroatoms. The first-order valence-corrected chi connectivity index (χ1v) is 9.12. The van der Waals surface area contributed by atoms with Crippen molar-refractivity contribution in [3.05, 3.63) is 0 Å². The van der Waals surface area contributed by atoms with E-state index in [2.05, 4.69) is 6.92 Å². The third-order valence-electron chi connectivity index (χ3n) is 4.92. The lowest BCUT2D eigenvalue weighted by Gasteiger charge is -2.25. The molecule has 1 aliphatic heterocycles. The zero-order valence-corrected chi connectivity index (χ0v) is 14.5.